The summed E-state index contributed by atoms with van der Waals surface area (Å²) in [6.45, 7) is 4.37. The van der Waals surface area contributed by atoms with Crippen LogP contribution in [0.1, 0.15) is 18.4 Å². The van der Waals surface area contributed by atoms with Gasteiger partial charge in [0.05, 0.1) is 18.6 Å². The summed E-state index contributed by atoms with van der Waals surface area (Å²) in [5.74, 6) is 0.664. The largest absolute Gasteiger partial charge is 0.334 e. The van der Waals surface area contributed by atoms with E-state index >= 15 is 0 Å². The Morgan fingerprint density at radius 3 is 3.13 bits per heavy atom. The predicted molar refractivity (Wildman–Crippen MR) is 52.6 cm³/mol. The lowest BCUT2D eigenvalue weighted by Crippen LogP contribution is -2.16. The van der Waals surface area contributed by atoms with Crippen molar-refractivity contribution in [3.8, 4) is 0 Å². The van der Waals surface area contributed by atoms with Crippen molar-refractivity contribution in [1.29, 1.82) is 0 Å². The molecule has 0 aliphatic carbocycles. The Morgan fingerprint density at radius 1 is 1.47 bits per heavy atom. The molecule has 0 aliphatic rings. The summed E-state index contributed by atoms with van der Waals surface area (Å²) in [6.07, 6.45) is 3.68. The third-order valence-electron chi connectivity index (χ3n) is 2.12. The van der Waals surface area contributed by atoms with E-state index in [1.807, 2.05) is 12.5 Å². The van der Waals surface area contributed by atoms with Crippen LogP contribution < -0.4 is 5.32 Å². The lowest BCUT2D eigenvalue weighted by Gasteiger charge is -2.04. The Labute approximate surface area is 86.9 Å². The van der Waals surface area contributed by atoms with Gasteiger partial charge in [-0.25, -0.2) is 4.98 Å². The third-order valence-corrected chi connectivity index (χ3v) is 2.12. The van der Waals surface area contributed by atoms with E-state index in [1.54, 1.807) is 0 Å². The molecule has 80 valence electrons. The van der Waals surface area contributed by atoms with E-state index in [0.717, 1.165) is 18.8 Å². The summed E-state index contributed by atoms with van der Waals surface area (Å²) in [6, 6.07) is 0. The molecule has 0 saturated heterocycles. The van der Waals surface area contributed by atoms with Gasteiger partial charge in [-0.15, -0.1) is 10.2 Å². The first-order chi connectivity index (χ1) is 7.40. The minimum atomic E-state index is 0.603. The maximum absolute atomic E-state index is 4.08. The number of rotatable bonds is 5. The van der Waals surface area contributed by atoms with Crippen LogP contribution in [0.5, 0.6) is 0 Å². The minimum Gasteiger partial charge on any atom is -0.334 e. The van der Waals surface area contributed by atoms with Gasteiger partial charge in [0.1, 0.15) is 0 Å². The lowest BCUT2D eigenvalue weighted by atomic mass is 10.4. The molecular formula is C8H13N7. The molecule has 0 aliphatic heterocycles. The summed E-state index contributed by atoms with van der Waals surface area (Å²) in [4.78, 5) is 4.08. The van der Waals surface area contributed by atoms with Crippen molar-refractivity contribution in [1.82, 2.24) is 35.5 Å². The molecule has 2 aromatic rings. The Kier molecular flexibility index (Phi) is 3.03. The summed E-state index contributed by atoms with van der Waals surface area (Å²) in [5.41, 5.74) is 1.15. The van der Waals surface area contributed by atoms with Gasteiger partial charge in [-0.3, -0.25) is 0 Å². The molecule has 0 bridgehead atoms. The van der Waals surface area contributed by atoms with Crippen LogP contribution in [0.25, 0.3) is 0 Å². The zero-order valence-corrected chi connectivity index (χ0v) is 8.51. The van der Waals surface area contributed by atoms with E-state index in [9.17, 15) is 0 Å². The van der Waals surface area contributed by atoms with E-state index < -0.39 is 0 Å². The van der Waals surface area contributed by atoms with Crippen molar-refractivity contribution in [2.75, 3.05) is 0 Å². The van der Waals surface area contributed by atoms with Gasteiger partial charge < -0.3 is 9.88 Å². The minimum absolute atomic E-state index is 0.603. The SMILES string of the molecule is CCn1cncc1CNCc1nn[nH]n1. The Hall–Kier alpha value is -1.76. The zero-order valence-electron chi connectivity index (χ0n) is 8.51. The van der Waals surface area contributed by atoms with Crippen LogP contribution in [0.4, 0.5) is 0 Å². The topological polar surface area (TPSA) is 84.3 Å². The molecule has 0 radical (unpaired) electrons. The molecule has 0 spiro atoms. The quantitative estimate of drug-likeness (QED) is 0.703. The van der Waals surface area contributed by atoms with Crippen LogP contribution in [0.2, 0.25) is 0 Å². The van der Waals surface area contributed by atoms with Crippen LogP contribution in [0, 0.1) is 0 Å². The fraction of sp³-hybridized carbons (Fsp3) is 0.500. The molecule has 15 heavy (non-hydrogen) atoms. The second-order valence-corrected chi connectivity index (χ2v) is 3.10. The zero-order chi connectivity index (χ0) is 10.5. The standard InChI is InChI=1S/C8H13N7/c1-2-15-6-10-4-7(15)3-9-5-8-11-13-14-12-8/h4,6,9H,2-3,5H2,1H3,(H,11,12,13,14). The number of aromatic nitrogens is 6. The monoisotopic (exact) mass is 207 g/mol. The molecular weight excluding hydrogens is 194 g/mol. The highest BCUT2D eigenvalue weighted by Gasteiger charge is 2.01. The first-order valence-electron chi connectivity index (χ1n) is 4.82. The number of H-pyrrole nitrogens is 1. The van der Waals surface area contributed by atoms with Crippen LogP contribution >= 0.6 is 0 Å². The lowest BCUT2D eigenvalue weighted by molar-refractivity contribution is 0.614. The molecule has 0 unspecified atom stereocenters. The summed E-state index contributed by atoms with van der Waals surface area (Å²) in [7, 11) is 0. The number of nitrogens with one attached hydrogen (secondary N) is 2. The highest BCUT2D eigenvalue weighted by molar-refractivity contribution is 4.97. The van der Waals surface area contributed by atoms with Gasteiger partial charge in [0.15, 0.2) is 5.82 Å². The number of hydrogen-bond donors (Lipinski definition) is 2. The van der Waals surface area contributed by atoms with Crippen molar-refractivity contribution in [3.63, 3.8) is 0 Å². The van der Waals surface area contributed by atoms with Gasteiger partial charge in [0, 0.05) is 19.3 Å². The van der Waals surface area contributed by atoms with Crippen molar-refractivity contribution < 1.29 is 0 Å². The second-order valence-electron chi connectivity index (χ2n) is 3.10. The van der Waals surface area contributed by atoms with Crippen molar-refractivity contribution >= 4 is 0 Å². The normalized spacial score (nSPS) is 10.7. The average Bonchev–Trinajstić information content (AvgIpc) is 2.88. The van der Waals surface area contributed by atoms with E-state index in [0.29, 0.717) is 12.4 Å². The number of tetrazole rings is 1. The number of hydrogen-bond acceptors (Lipinski definition) is 5. The van der Waals surface area contributed by atoms with E-state index in [4.69, 9.17) is 0 Å². The van der Waals surface area contributed by atoms with Crippen LogP contribution in [0.3, 0.4) is 0 Å². The van der Waals surface area contributed by atoms with Gasteiger partial charge in [0.2, 0.25) is 0 Å². The molecule has 2 heterocycles. The van der Waals surface area contributed by atoms with Crippen LogP contribution in [0.15, 0.2) is 12.5 Å². The average molecular weight is 207 g/mol. The first-order valence-corrected chi connectivity index (χ1v) is 4.82. The fourth-order valence-electron chi connectivity index (χ4n) is 1.34. The van der Waals surface area contributed by atoms with Crippen molar-refractivity contribution in [3.05, 3.63) is 24.0 Å². The molecule has 2 aromatic heterocycles. The molecule has 2 rings (SSSR count). The molecule has 0 aromatic carbocycles. The predicted octanol–water partition coefficient (Wildman–Crippen LogP) is -0.294. The summed E-state index contributed by atoms with van der Waals surface area (Å²) in [5, 5.41) is 16.8. The van der Waals surface area contributed by atoms with Gasteiger partial charge in [-0.1, -0.05) is 5.21 Å². The molecule has 0 saturated carbocycles. The van der Waals surface area contributed by atoms with Gasteiger partial charge in [-0.05, 0) is 6.92 Å². The molecule has 7 nitrogen and oxygen atoms in total. The molecule has 0 atom stereocenters. The highest BCUT2D eigenvalue weighted by atomic mass is 15.5. The first kappa shape index (κ1) is 9.78. The van der Waals surface area contributed by atoms with Gasteiger partial charge in [0.25, 0.3) is 0 Å². The van der Waals surface area contributed by atoms with E-state index in [2.05, 4.69) is 42.4 Å². The number of aryl methyl sites for hydroxylation is 1. The fourth-order valence-corrected chi connectivity index (χ4v) is 1.34. The summed E-state index contributed by atoms with van der Waals surface area (Å²) >= 11 is 0. The number of aromatic amines is 1. The van der Waals surface area contributed by atoms with Crippen LogP contribution in [-0.2, 0) is 19.6 Å². The molecule has 0 fully saturated rings. The third kappa shape index (κ3) is 2.38. The van der Waals surface area contributed by atoms with Crippen molar-refractivity contribution in [2.45, 2.75) is 26.6 Å². The maximum Gasteiger partial charge on any atom is 0.188 e. The molecule has 2 N–H and O–H groups in total. The van der Waals surface area contributed by atoms with Gasteiger partial charge >= 0.3 is 0 Å². The second kappa shape index (κ2) is 4.65. The smallest absolute Gasteiger partial charge is 0.188 e. The van der Waals surface area contributed by atoms with E-state index in [1.165, 1.54) is 0 Å². The Morgan fingerprint density at radius 2 is 2.40 bits per heavy atom. The van der Waals surface area contributed by atoms with Crippen molar-refractivity contribution in [2.24, 2.45) is 0 Å². The Bertz CT molecular complexity index is 391. The van der Waals surface area contributed by atoms with Crippen LogP contribution in [-0.4, -0.2) is 30.2 Å². The molecule has 0 amide bonds. The maximum atomic E-state index is 4.08. The van der Waals surface area contributed by atoms with E-state index in [-0.39, 0.29) is 0 Å². The Balaban J connectivity index is 1.83. The molecule has 7 heteroatoms. The number of nitrogens with zero attached hydrogens (tertiary/aromatic N) is 5. The number of imidazole rings is 1. The van der Waals surface area contributed by atoms with Gasteiger partial charge in [-0.2, -0.15) is 5.21 Å². The highest BCUT2D eigenvalue weighted by Crippen LogP contribution is 1.98. The summed E-state index contributed by atoms with van der Waals surface area (Å²) < 4.78 is 2.09.